The molecule has 1 aliphatic rings. The fourth-order valence-corrected chi connectivity index (χ4v) is 3.08. The van der Waals surface area contributed by atoms with Crippen LogP contribution in [0.1, 0.15) is 18.6 Å². The van der Waals surface area contributed by atoms with Crippen LogP contribution in [0.15, 0.2) is 54.6 Å². The van der Waals surface area contributed by atoms with E-state index in [1.165, 1.54) is 6.92 Å². The first-order valence-corrected chi connectivity index (χ1v) is 7.97. The number of nitrogens with one attached hydrogen (secondary N) is 1. The van der Waals surface area contributed by atoms with Crippen molar-refractivity contribution in [2.75, 3.05) is 17.3 Å². The number of thiocarbonyl (C=S) groups is 1. The molecule has 2 atom stereocenters. The summed E-state index contributed by atoms with van der Waals surface area (Å²) in [6.45, 7) is 1.51. The summed E-state index contributed by atoms with van der Waals surface area (Å²) >= 11 is 5.31. The molecule has 1 heterocycles. The van der Waals surface area contributed by atoms with Crippen molar-refractivity contribution in [3.8, 4) is 0 Å². The summed E-state index contributed by atoms with van der Waals surface area (Å²) in [5.74, 6) is -0.109. The number of hydrogen-bond donors (Lipinski definition) is 1. The van der Waals surface area contributed by atoms with E-state index in [9.17, 15) is 4.79 Å². The van der Waals surface area contributed by atoms with Gasteiger partial charge < -0.3 is 14.8 Å². The largest absolute Gasteiger partial charge is 0.458 e. The van der Waals surface area contributed by atoms with E-state index in [4.69, 9.17) is 21.7 Å². The molecule has 1 aliphatic heterocycles. The van der Waals surface area contributed by atoms with Crippen LogP contribution >= 0.6 is 12.2 Å². The lowest BCUT2D eigenvalue weighted by atomic mass is 10.1. The lowest BCUT2D eigenvalue weighted by molar-refractivity contribution is -0.120. The molecular weight excluding hydrogens is 324 g/mol. The number of benzene rings is 2. The SMILES string of the molecule is COC1C(OC(=S)Nc2ccccc2)c2ccccc2N1C(C)=O. The van der Waals surface area contributed by atoms with Gasteiger partial charge in [0, 0.05) is 25.3 Å². The monoisotopic (exact) mass is 342 g/mol. The van der Waals surface area contributed by atoms with E-state index in [2.05, 4.69) is 5.32 Å². The number of carbonyl (C=O) groups is 1. The number of anilines is 2. The third kappa shape index (κ3) is 3.11. The Balaban J connectivity index is 1.84. The summed E-state index contributed by atoms with van der Waals surface area (Å²) in [7, 11) is 1.55. The van der Waals surface area contributed by atoms with Crippen LogP contribution in [-0.4, -0.2) is 24.4 Å². The predicted octanol–water partition coefficient (Wildman–Crippen LogP) is 3.48. The summed E-state index contributed by atoms with van der Waals surface area (Å²) in [4.78, 5) is 13.6. The zero-order chi connectivity index (χ0) is 17.1. The Bertz CT molecular complexity index is 751. The number of carbonyl (C=O) groups excluding carboxylic acids is 1. The maximum Gasteiger partial charge on any atom is 0.261 e. The van der Waals surface area contributed by atoms with Gasteiger partial charge in [0.05, 0.1) is 5.69 Å². The minimum absolute atomic E-state index is 0.109. The molecule has 1 N–H and O–H groups in total. The van der Waals surface area contributed by atoms with Crippen molar-refractivity contribution in [3.05, 3.63) is 60.2 Å². The van der Waals surface area contributed by atoms with E-state index in [0.29, 0.717) is 0 Å². The maximum absolute atomic E-state index is 12.0. The third-order valence-corrected chi connectivity index (χ3v) is 4.05. The number of rotatable bonds is 3. The fourth-order valence-electron chi connectivity index (χ4n) is 2.86. The molecule has 0 fully saturated rings. The van der Waals surface area contributed by atoms with E-state index >= 15 is 0 Å². The van der Waals surface area contributed by atoms with Crippen LogP contribution in [0.4, 0.5) is 11.4 Å². The third-order valence-electron chi connectivity index (χ3n) is 3.85. The second-order valence-electron chi connectivity index (χ2n) is 5.39. The molecule has 0 aliphatic carbocycles. The van der Waals surface area contributed by atoms with Crippen LogP contribution in [0, 0.1) is 0 Å². The van der Waals surface area contributed by atoms with E-state index in [-0.39, 0.29) is 11.1 Å². The first kappa shape index (κ1) is 16.4. The standard InChI is InChI=1S/C18H18N2O3S/c1-12(21)20-15-11-7-6-10-14(15)16(17(20)22-2)23-18(24)19-13-8-4-3-5-9-13/h3-11,16-17H,1-2H3,(H,19,24). The highest BCUT2D eigenvalue weighted by atomic mass is 32.1. The second-order valence-corrected chi connectivity index (χ2v) is 5.76. The molecule has 2 aromatic rings. The maximum atomic E-state index is 12.0. The molecule has 6 heteroatoms. The topological polar surface area (TPSA) is 50.8 Å². The van der Waals surface area contributed by atoms with Crippen molar-refractivity contribution < 1.29 is 14.3 Å². The average molecular weight is 342 g/mol. The van der Waals surface area contributed by atoms with Gasteiger partial charge in [-0.1, -0.05) is 36.4 Å². The Morgan fingerprint density at radius 3 is 2.46 bits per heavy atom. The molecule has 24 heavy (non-hydrogen) atoms. The van der Waals surface area contributed by atoms with Crippen molar-refractivity contribution in [1.82, 2.24) is 0 Å². The van der Waals surface area contributed by atoms with Gasteiger partial charge in [0.1, 0.15) is 0 Å². The number of hydrogen-bond acceptors (Lipinski definition) is 4. The lowest BCUT2D eigenvalue weighted by Gasteiger charge is -2.26. The van der Waals surface area contributed by atoms with Crippen LogP contribution in [0.2, 0.25) is 0 Å². The molecule has 124 valence electrons. The quantitative estimate of drug-likeness (QED) is 0.866. The van der Waals surface area contributed by atoms with Gasteiger partial charge in [-0.25, -0.2) is 0 Å². The molecule has 0 radical (unpaired) electrons. The Morgan fingerprint density at radius 2 is 1.79 bits per heavy atom. The normalized spacial score (nSPS) is 18.8. The van der Waals surface area contributed by atoms with E-state index in [1.54, 1.807) is 12.0 Å². The summed E-state index contributed by atoms with van der Waals surface area (Å²) in [6, 6.07) is 17.1. The highest BCUT2D eigenvalue weighted by molar-refractivity contribution is 7.80. The minimum Gasteiger partial charge on any atom is -0.458 e. The number of ether oxygens (including phenoxy) is 2. The van der Waals surface area contributed by atoms with Crippen LogP contribution in [-0.2, 0) is 14.3 Å². The molecule has 1 amide bonds. The van der Waals surface area contributed by atoms with Crippen LogP contribution in [0.25, 0.3) is 0 Å². The summed E-state index contributed by atoms with van der Waals surface area (Å²) in [5.41, 5.74) is 2.49. The zero-order valence-electron chi connectivity index (χ0n) is 13.4. The molecule has 0 saturated carbocycles. The number of fused-ring (bicyclic) bond motifs is 1. The summed E-state index contributed by atoms with van der Waals surface area (Å²) in [5, 5.41) is 3.27. The van der Waals surface area contributed by atoms with E-state index < -0.39 is 12.3 Å². The predicted molar refractivity (Wildman–Crippen MR) is 96.9 cm³/mol. The minimum atomic E-state index is -0.560. The molecular formula is C18H18N2O3S. The molecule has 2 aromatic carbocycles. The Hall–Kier alpha value is -2.44. The van der Waals surface area contributed by atoms with Gasteiger partial charge in [0.25, 0.3) is 5.17 Å². The van der Waals surface area contributed by atoms with Crippen LogP contribution < -0.4 is 10.2 Å². The van der Waals surface area contributed by atoms with E-state index in [1.807, 2.05) is 54.6 Å². The number of nitrogens with zero attached hydrogens (tertiary/aromatic N) is 1. The first-order chi connectivity index (χ1) is 11.6. The Kier molecular flexibility index (Phi) is 4.78. The number of para-hydroxylation sites is 2. The van der Waals surface area contributed by atoms with E-state index in [0.717, 1.165) is 16.9 Å². The van der Waals surface area contributed by atoms with Gasteiger partial charge in [-0.15, -0.1) is 0 Å². The van der Waals surface area contributed by atoms with Gasteiger partial charge >= 0.3 is 0 Å². The van der Waals surface area contributed by atoms with Crippen molar-refractivity contribution in [3.63, 3.8) is 0 Å². The smallest absolute Gasteiger partial charge is 0.261 e. The van der Waals surface area contributed by atoms with Gasteiger partial charge in [-0.05, 0) is 30.4 Å². The highest BCUT2D eigenvalue weighted by Crippen LogP contribution is 2.42. The van der Waals surface area contributed by atoms with Crippen molar-refractivity contribution in [1.29, 1.82) is 0 Å². The van der Waals surface area contributed by atoms with Crippen molar-refractivity contribution in [2.45, 2.75) is 19.3 Å². The number of methoxy groups -OCH3 is 1. The molecule has 0 spiro atoms. The second kappa shape index (κ2) is 6.98. The summed E-state index contributed by atoms with van der Waals surface area (Å²) < 4.78 is 11.5. The Morgan fingerprint density at radius 1 is 1.12 bits per heavy atom. The fraction of sp³-hybridized carbons (Fsp3) is 0.222. The van der Waals surface area contributed by atoms with Gasteiger partial charge in [0.2, 0.25) is 5.91 Å². The van der Waals surface area contributed by atoms with Crippen molar-refractivity contribution in [2.24, 2.45) is 0 Å². The lowest BCUT2D eigenvalue weighted by Crippen LogP contribution is -2.40. The van der Waals surface area contributed by atoms with Gasteiger partial charge in [-0.3, -0.25) is 9.69 Å². The van der Waals surface area contributed by atoms with Crippen LogP contribution in [0.3, 0.4) is 0 Å². The van der Waals surface area contributed by atoms with Gasteiger partial charge in [0.15, 0.2) is 12.3 Å². The molecule has 0 saturated heterocycles. The first-order valence-electron chi connectivity index (χ1n) is 7.56. The highest BCUT2D eigenvalue weighted by Gasteiger charge is 2.42. The summed E-state index contributed by atoms with van der Waals surface area (Å²) in [6.07, 6.45) is -1.05. The zero-order valence-corrected chi connectivity index (χ0v) is 14.2. The number of amides is 1. The molecule has 0 bridgehead atoms. The van der Waals surface area contributed by atoms with Crippen molar-refractivity contribution >= 4 is 34.7 Å². The molecule has 2 unspecified atom stereocenters. The van der Waals surface area contributed by atoms with Crippen LogP contribution in [0.5, 0.6) is 0 Å². The van der Waals surface area contributed by atoms with Gasteiger partial charge in [-0.2, -0.15) is 0 Å². The Labute approximate surface area is 146 Å². The molecule has 3 rings (SSSR count). The average Bonchev–Trinajstić information content (AvgIpc) is 2.89. The molecule has 5 nitrogen and oxygen atoms in total. The molecule has 0 aromatic heterocycles.